The molecule has 1 unspecified atom stereocenters. The van der Waals surface area contributed by atoms with E-state index in [1.54, 1.807) is 24.3 Å². The Labute approximate surface area is 141 Å². The number of hydrogen-bond acceptors (Lipinski definition) is 3. The van der Waals surface area contributed by atoms with Gasteiger partial charge in [-0.3, -0.25) is 9.59 Å². The SMILES string of the molecule is NC(=O)N1C(=O)C(C(=O)c2ccc(Cl)cc2Cl)c2ccccc21. The Balaban J connectivity index is 2.11. The largest absolute Gasteiger partial charge is 0.351 e. The van der Waals surface area contributed by atoms with Crippen molar-refractivity contribution in [2.45, 2.75) is 5.92 Å². The van der Waals surface area contributed by atoms with Crippen molar-refractivity contribution in [3.05, 3.63) is 63.6 Å². The summed E-state index contributed by atoms with van der Waals surface area (Å²) in [6.45, 7) is 0. The summed E-state index contributed by atoms with van der Waals surface area (Å²) in [4.78, 5) is 37.7. The molecule has 0 spiro atoms. The average Bonchev–Trinajstić information content (AvgIpc) is 2.78. The van der Waals surface area contributed by atoms with Crippen LogP contribution in [0.5, 0.6) is 0 Å². The molecule has 1 aliphatic heterocycles. The summed E-state index contributed by atoms with van der Waals surface area (Å²) in [5, 5.41) is 0.522. The second-order valence-electron chi connectivity index (χ2n) is 4.99. The van der Waals surface area contributed by atoms with Gasteiger partial charge in [-0.05, 0) is 29.8 Å². The molecule has 2 aromatic rings. The second kappa shape index (κ2) is 5.68. The third-order valence-corrected chi connectivity index (χ3v) is 4.18. The molecule has 0 aliphatic carbocycles. The molecule has 23 heavy (non-hydrogen) atoms. The third kappa shape index (κ3) is 2.48. The lowest BCUT2D eigenvalue weighted by molar-refractivity contribution is -0.117. The third-order valence-electron chi connectivity index (χ3n) is 3.64. The molecule has 0 radical (unpaired) electrons. The van der Waals surface area contributed by atoms with E-state index < -0.39 is 23.6 Å². The number of ketones is 1. The molecular weight excluding hydrogens is 339 g/mol. The number of primary amides is 1. The van der Waals surface area contributed by atoms with E-state index in [4.69, 9.17) is 28.9 Å². The summed E-state index contributed by atoms with van der Waals surface area (Å²) in [6, 6.07) is 9.98. The molecule has 0 aromatic heterocycles. The fourth-order valence-corrected chi connectivity index (χ4v) is 3.14. The lowest BCUT2D eigenvalue weighted by Gasteiger charge is -2.12. The van der Waals surface area contributed by atoms with Crippen LogP contribution in [0.15, 0.2) is 42.5 Å². The normalized spacial score (nSPS) is 16.3. The number of benzene rings is 2. The molecule has 0 bridgehead atoms. The van der Waals surface area contributed by atoms with Crippen molar-refractivity contribution < 1.29 is 14.4 Å². The van der Waals surface area contributed by atoms with Gasteiger partial charge in [0.1, 0.15) is 5.92 Å². The topological polar surface area (TPSA) is 80.5 Å². The molecule has 0 fully saturated rings. The summed E-state index contributed by atoms with van der Waals surface area (Å²) in [5.41, 5.74) is 6.16. The smallest absolute Gasteiger partial charge is 0.326 e. The summed E-state index contributed by atoms with van der Waals surface area (Å²) in [5.74, 6) is -2.35. The Morgan fingerprint density at radius 1 is 1.09 bits per heavy atom. The van der Waals surface area contributed by atoms with Crippen LogP contribution in [0.4, 0.5) is 10.5 Å². The molecule has 116 valence electrons. The van der Waals surface area contributed by atoms with Crippen molar-refractivity contribution in [2.24, 2.45) is 5.73 Å². The molecule has 3 amide bonds. The Kier molecular flexibility index (Phi) is 3.83. The first kappa shape index (κ1) is 15.5. The first-order valence-electron chi connectivity index (χ1n) is 6.63. The van der Waals surface area contributed by atoms with E-state index in [0.29, 0.717) is 16.3 Å². The Morgan fingerprint density at radius 2 is 1.78 bits per heavy atom. The fraction of sp³-hybridized carbons (Fsp3) is 0.0625. The van der Waals surface area contributed by atoms with Gasteiger partial charge in [0.2, 0.25) is 0 Å². The number of carbonyl (C=O) groups excluding carboxylic acids is 3. The summed E-state index contributed by atoms with van der Waals surface area (Å²) in [7, 11) is 0. The molecule has 5 nitrogen and oxygen atoms in total. The molecule has 2 N–H and O–H groups in total. The zero-order valence-corrected chi connectivity index (χ0v) is 13.1. The minimum absolute atomic E-state index is 0.144. The number of nitrogens with zero attached hydrogens (tertiary/aromatic N) is 1. The molecule has 7 heteroatoms. The van der Waals surface area contributed by atoms with Crippen LogP contribution < -0.4 is 10.6 Å². The van der Waals surface area contributed by atoms with Gasteiger partial charge in [0.25, 0.3) is 5.91 Å². The summed E-state index contributed by atoms with van der Waals surface area (Å²) < 4.78 is 0. The zero-order chi connectivity index (χ0) is 16.7. The van der Waals surface area contributed by atoms with E-state index in [0.717, 1.165) is 4.90 Å². The van der Waals surface area contributed by atoms with Gasteiger partial charge in [-0.1, -0.05) is 41.4 Å². The van der Waals surface area contributed by atoms with Crippen LogP contribution in [-0.4, -0.2) is 17.7 Å². The fourth-order valence-electron chi connectivity index (χ4n) is 2.64. The van der Waals surface area contributed by atoms with E-state index in [9.17, 15) is 14.4 Å². The van der Waals surface area contributed by atoms with Crippen LogP contribution in [0.25, 0.3) is 0 Å². The number of para-hydroxylation sites is 1. The number of anilines is 1. The predicted molar refractivity (Wildman–Crippen MR) is 87.0 cm³/mol. The number of fused-ring (bicyclic) bond motifs is 1. The quantitative estimate of drug-likeness (QED) is 0.667. The van der Waals surface area contributed by atoms with E-state index in [1.807, 2.05) is 0 Å². The predicted octanol–water partition coefficient (Wildman–Crippen LogP) is 3.39. The van der Waals surface area contributed by atoms with Crippen LogP contribution in [-0.2, 0) is 4.79 Å². The molecule has 1 aliphatic rings. The van der Waals surface area contributed by atoms with Gasteiger partial charge in [0.05, 0.1) is 10.7 Å². The maximum Gasteiger partial charge on any atom is 0.326 e. The highest BCUT2D eigenvalue weighted by Gasteiger charge is 2.44. The number of carbonyl (C=O) groups is 3. The minimum atomic E-state index is -1.16. The van der Waals surface area contributed by atoms with Gasteiger partial charge in [-0.2, -0.15) is 0 Å². The highest BCUT2D eigenvalue weighted by atomic mass is 35.5. The molecule has 0 saturated carbocycles. The minimum Gasteiger partial charge on any atom is -0.351 e. The van der Waals surface area contributed by atoms with Crippen molar-refractivity contribution in [3.63, 3.8) is 0 Å². The Morgan fingerprint density at radius 3 is 2.43 bits per heavy atom. The van der Waals surface area contributed by atoms with Crippen LogP contribution >= 0.6 is 23.2 Å². The number of imide groups is 1. The molecule has 1 atom stereocenters. The number of nitrogens with two attached hydrogens (primary N) is 1. The van der Waals surface area contributed by atoms with Gasteiger partial charge in [-0.25, -0.2) is 9.69 Å². The molecular formula is C16H10Cl2N2O3. The number of hydrogen-bond donors (Lipinski definition) is 1. The van der Waals surface area contributed by atoms with Gasteiger partial charge in [0.15, 0.2) is 5.78 Å². The second-order valence-corrected chi connectivity index (χ2v) is 5.84. The highest BCUT2D eigenvalue weighted by Crippen LogP contribution is 2.39. The number of halogens is 2. The first-order chi connectivity index (χ1) is 10.9. The lowest BCUT2D eigenvalue weighted by Crippen LogP contribution is -2.40. The first-order valence-corrected chi connectivity index (χ1v) is 7.39. The number of amides is 3. The van der Waals surface area contributed by atoms with E-state index in [-0.39, 0.29) is 10.6 Å². The Bertz CT molecular complexity index is 851. The van der Waals surface area contributed by atoms with Crippen LogP contribution in [0, 0.1) is 0 Å². The molecule has 1 heterocycles. The van der Waals surface area contributed by atoms with Crippen molar-refractivity contribution >= 4 is 46.6 Å². The number of Topliss-reactive ketones (excluding diaryl/α,β-unsaturated/α-hetero) is 1. The monoisotopic (exact) mass is 348 g/mol. The van der Waals surface area contributed by atoms with Gasteiger partial charge in [0, 0.05) is 10.6 Å². The van der Waals surface area contributed by atoms with Gasteiger partial charge < -0.3 is 5.73 Å². The van der Waals surface area contributed by atoms with Crippen molar-refractivity contribution in [1.29, 1.82) is 0 Å². The maximum absolute atomic E-state index is 12.8. The van der Waals surface area contributed by atoms with E-state index in [1.165, 1.54) is 18.2 Å². The van der Waals surface area contributed by atoms with Crippen molar-refractivity contribution in [2.75, 3.05) is 4.90 Å². The van der Waals surface area contributed by atoms with Crippen LogP contribution in [0.2, 0.25) is 10.0 Å². The lowest BCUT2D eigenvalue weighted by atomic mass is 9.92. The van der Waals surface area contributed by atoms with Crippen molar-refractivity contribution in [1.82, 2.24) is 0 Å². The van der Waals surface area contributed by atoms with E-state index in [2.05, 4.69) is 0 Å². The molecule has 0 saturated heterocycles. The van der Waals surface area contributed by atoms with E-state index >= 15 is 0 Å². The summed E-state index contributed by atoms with van der Waals surface area (Å²) >= 11 is 11.9. The van der Waals surface area contributed by atoms with Crippen molar-refractivity contribution in [3.8, 4) is 0 Å². The zero-order valence-electron chi connectivity index (χ0n) is 11.6. The molecule has 2 aromatic carbocycles. The molecule has 3 rings (SSSR count). The van der Waals surface area contributed by atoms with Gasteiger partial charge in [-0.15, -0.1) is 0 Å². The summed E-state index contributed by atoms with van der Waals surface area (Å²) in [6.07, 6.45) is 0. The van der Waals surface area contributed by atoms with Gasteiger partial charge >= 0.3 is 6.03 Å². The maximum atomic E-state index is 12.8. The Hall–Kier alpha value is -2.37. The highest BCUT2D eigenvalue weighted by molar-refractivity contribution is 6.38. The number of urea groups is 1. The average molecular weight is 349 g/mol. The standard InChI is InChI=1S/C16H10Cl2N2O3/c17-8-5-6-9(11(18)7-8)14(21)13-10-3-1-2-4-12(10)20(15(13)22)16(19)23/h1-7,13H,(H2,19,23). The van der Waals surface area contributed by atoms with Crippen LogP contribution in [0.1, 0.15) is 21.8 Å². The van der Waals surface area contributed by atoms with Crippen LogP contribution in [0.3, 0.4) is 0 Å². The number of rotatable bonds is 2.